The van der Waals surface area contributed by atoms with E-state index in [1.807, 2.05) is 12.1 Å². The number of anilines is 1. The summed E-state index contributed by atoms with van der Waals surface area (Å²) in [6.45, 7) is 13.0. The standard InChI is InChI=1S/C17H28N2/c1-16(2)10-5-11-19(12-16)13-17(3,4)14-6-8-15(18)9-7-14/h6-9H,5,10-13,18H2,1-4H3. The number of piperidine rings is 1. The van der Waals surface area contributed by atoms with Crippen LogP contribution in [0.5, 0.6) is 0 Å². The number of nitrogens with two attached hydrogens (primary N) is 1. The van der Waals surface area contributed by atoms with Crippen LogP contribution in [0, 0.1) is 5.41 Å². The van der Waals surface area contributed by atoms with Crippen molar-refractivity contribution in [1.82, 2.24) is 4.90 Å². The van der Waals surface area contributed by atoms with E-state index in [1.165, 1.54) is 31.5 Å². The third-order valence-corrected chi connectivity index (χ3v) is 4.29. The van der Waals surface area contributed by atoms with Crippen LogP contribution >= 0.6 is 0 Å². The van der Waals surface area contributed by atoms with Crippen molar-refractivity contribution >= 4 is 5.69 Å². The van der Waals surface area contributed by atoms with E-state index in [9.17, 15) is 0 Å². The molecule has 1 aromatic rings. The first kappa shape index (κ1) is 14.4. The summed E-state index contributed by atoms with van der Waals surface area (Å²) in [6.07, 6.45) is 2.68. The van der Waals surface area contributed by atoms with Gasteiger partial charge in [0.05, 0.1) is 0 Å². The summed E-state index contributed by atoms with van der Waals surface area (Å²) < 4.78 is 0. The largest absolute Gasteiger partial charge is 0.399 e. The van der Waals surface area contributed by atoms with Gasteiger partial charge in [-0.05, 0) is 42.5 Å². The summed E-state index contributed by atoms with van der Waals surface area (Å²) >= 11 is 0. The average Bonchev–Trinajstić information content (AvgIpc) is 2.27. The summed E-state index contributed by atoms with van der Waals surface area (Å²) in [6, 6.07) is 8.36. The highest BCUT2D eigenvalue weighted by molar-refractivity contribution is 5.41. The molecule has 2 nitrogen and oxygen atoms in total. The normalized spacial score (nSPS) is 20.4. The fraction of sp³-hybridized carbons (Fsp3) is 0.647. The Bertz CT molecular complexity index is 417. The van der Waals surface area contributed by atoms with Crippen LogP contribution in [0.1, 0.15) is 46.1 Å². The summed E-state index contributed by atoms with van der Waals surface area (Å²) in [5.41, 5.74) is 8.65. The smallest absolute Gasteiger partial charge is 0.0314 e. The van der Waals surface area contributed by atoms with Gasteiger partial charge in [0.2, 0.25) is 0 Å². The number of benzene rings is 1. The molecule has 0 atom stereocenters. The Morgan fingerprint density at radius 2 is 1.84 bits per heavy atom. The van der Waals surface area contributed by atoms with Gasteiger partial charge in [0.25, 0.3) is 0 Å². The molecule has 2 rings (SSSR count). The molecule has 0 spiro atoms. The zero-order valence-electron chi connectivity index (χ0n) is 12.9. The average molecular weight is 260 g/mol. The Balaban J connectivity index is 2.06. The number of nitrogen functional groups attached to an aromatic ring is 1. The zero-order chi connectivity index (χ0) is 14.1. The molecule has 1 heterocycles. The van der Waals surface area contributed by atoms with Crippen molar-refractivity contribution in [3.05, 3.63) is 29.8 Å². The van der Waals surface area contributed by atoms with Crippen molar-refractivity contribution in [3.63, 3.8) is 0 Å². The SMILES string of the molecule is CC1(C)CCCN(CC(C)(C)c2ccc(N)cc2)C1. The minimum absolute atomic E-state index is 0.182. The lowest BCUT2D eigenvalue weighted by molar-refractivity contribution is 0.0992. The zero-order valence-corrected chi connectivity index (χ0v) is 12.9. The van der Waals surface area contributed by atoms with Crippen molar-refractivity contribution < 1.29 is 0 Å². The van der Waals surface area contributed by atoms with Gasteiger partial charge in [-0.1, -0.05) is 39.8 Å². The fourth-order valence-electron chi connectivity index (χ4n) is 3.26. The summed E-state index contributed by atoms with van der Waals surface area (Å²) in [4.78, 5) is 2.62. The van der Waals surface area contributed by atoms with E-state index in [1.54, 1.807) is 0 Å². The Morgan fingerprint density at radius 3 is 2.42 bits per heavy atom. The van der Waals surface area contributed by atoms with E-state index in [-0.39, 0.29) is 5.41 Å². The van der Waals surface area contributed by atoms with Gasteiger partial charge in [-0.15, -0.1) is 0 Å². The molecule has 0 bridgehead atoms. The molecule has 0 amide bonds. The summed E-state index contributed by atoms with van der Waals surface area (Å²) in [5, 5.41) is 0. The molecule has 0 unspecified atom stereocenters. The lowest BCUT2D eigenvalue weighted by atomic mass is 9.80. The first-order chi connectivity index (χ1) is 8.78. The van der Waals surface area contributed by atoms with E-state index >= 15 is 0 Å². The first-order valence-corrected chi connectivity index (χ1v) is 7.37. The predicted octanol–water partition coefficient (Wildman–Crippen LogP) is 3.67. The van der Waals surface area contributed by atoms with E-state index in [4.69, 9.17) is 5.73 Å². The molecule has 0 aliphatic carbocycles. The third-order valence-electron chi connectivity index (χ3n) is 4.29. The van der Waals surface area contributed by atoms with E-state index in [2.05, 4.69) is 44.7 Å². The van der Waals surface area contributed by atoms with E-state index in [0.717, 1.165) is 12.2 Å². The van der Waals surface area contributed by atoms with Crippen molar-refractivity contribution in [2.75, 3.05) is 25.4 Å². The molecular weight excluding hydrogens is 232 g/mol. The Kier molecular flexibility index (Phi) is 3.91. The second-order valence-corrected chi connectivity index (χ2v) is 7.48. The number of rotatable bonds is 3. The third kappa shape index (κ3) is 3.73. The van der Waals surface area contributed by atoms with Crippen LogP contribution < -0.4 is 5.73 Å². The summed E-state index contributed by atoms with van der Waals surface area (Å²) in [7, 11) is 0. The maximum Gasteiger partial charge on any atom is 0.0314 e. The van der Waals surface area contributed by atoms with Gasteiger partial charge in [-0.25, -0.2) is 0 Å². The van der Waals surface area contributed by atoms with Crippen LogP contribution in [0.15, 0.2) is 24.3 Å². The van der Waals surface area contributed by atoms with Gasteiger partial charge in [0.15, 0.2) is 0 Å². The minimum atomic E-state index is 0.182. The number of likely N-dealkylation sites (tertiary alicyclic amines) is 1. The lowest BCUT2D eigenvalue weighted by Crippen LogP contribution is -2.45. The number of nitrogens with zero attached hydrogens (tertiary/aromatic N) is 1. The minimum Gasteiger partial charge on any atom is -0.399 e. The van der Waals surface area contributed by atoms with Crippen LogP contribution in [-0.2, 0) is 5.41 Å². The Hall–Kier alpha value is -1.02. The van der Waals surface area contributed by atoms with Gasteiger partial charge in [0, 0.05) is 24.2 Å². The highest BCUT2D eigenvalue weighted by Gasteiger charge is 2.30. The van der Waals surface area contributed by atoms with Crippen molar-refractivity contribution in [2.24, 2.45) is 5.41 Å². The van der Waals surface area contributed by atoms with Crippen LogP contribution in [0.2, 0.25) is 0 Å². The predicted molar refractivity (Wildman–Crippen MR) is 83.3 cm³/mol. The van der Waals surface area contributed by atoms with Crippen molar-refractivity contribution in [3.8, 4) is 0 Å². The first-order valence-electron chi connectivity index (χ1n) is 7.37. The van der Waals surface area contributed by atoms with Gasteiger partial charge < -0.3 is 10.6 Å². The Morgan fingerprint density at radius 1 is 1.21 bits per heavy atom. The van der Waals surface area contributed by atoms with E-state index in [0.29, 0.717) is 5.41 Å². The highest BCUT2D eigenvalue weighted by Crippen LogP contribution is 2.32. The molecule has 1 saturated heterocycles. The molecule has 0 radical (unpaired) electrons. The maximum atomic E-state index is 5.78. The van der Waals surface area contributed by atoms with Crippen LogP contribution in [0.25, 0.3) is 0 Å². The molecule has 19 heavy (non-hydrogen) atoms. The molecular formula is C17H28N2. The highest BCUT2D eigenvalue weighted by atomic mass is 15.1. The second kappa shape index (κ2) is 5.16. The molecule has 1 aliphatic heterocycles. The summed E-state index contributed by atoms with van der Waals surface area (Å²) in [5.74, 6) is 0. The molecule has 1 aliphatic rings. The topological polar surface area (TPSA) is 29.3 Å². The Labute approximate surface area is 118 Å². The molecule has 106 valence electrons. The van der Waals surface area contributed by atoms with Crippen LogP contribution in [-0.4, -0.2) is 24.5 Å². The number of hydrogen-bond acceptors (Lipinski definition) is 2. The quantitative estimate of drug-likeness (QED) is 0.840. The lowest BCUT2D eigenvalue weighted by Gasteiger charge is -2.42. The van der Waals surface area contributed by atoms with Gasteiger partial charge in [-0.3, -0.25) is 0 Å². The second-order valence-electron chi connectivity index (χ2n) is 7.48. The monoisotopic (exact) mass is 260 g/mol. The molecule has 2 N–H and O–H groups in total. The molecule has 2 heteroatoms. The van der Waals surface area contributed by atoms with Gasteiger partial charge in [-0.2, -0.15) is 0 Å². The van der Waals surface area contributed by atoms with Crippen molar-refractivity contribution in [2.45, 2.75) is 46.0 Å². The van der Waals surface area contributed by atoms with Crippen molar-refractivity contribution in [1.29, 1.82) is 0 Å². The molecule has 0 aromatic heterocycles. The van der Waals surface area contributed by atoms with Gasteiger partial charge in [0.1, 0.15) is 0 Å². The molecule has 0 saturated carbocycles. The number of hydrogen-bond donors (Lipinski definition) is 1. The molecule has 1 fully saturated rings. The molecule has 1 aromatic carbocycles. The van der Waals surface area contributed by atoms with Crippen LogP contribution in [0.3, 0.4) is 0 Å². The maximum absolute atomic E-state index is 5.78. The van der Waals surface area contributed by atoms with Crippen LogP contribution in [0.4, 0.5) is 5.69 Å². The fourth-order valence-corrected chi connectivity index (χ4v) is 3.26. The van der Waals surface area contributed by atoms with E-state index < -0.39 is 0 Å². The van der Waals surface area contributed by atoms with Gasteiger partial charge >= 0.3 is 0 Å².